The lowest BCUT2D eigenvalue weighted by atomic mass is 9.99. The van der Waals surface area contributed by atoms with E-state index in [-0.39, 0.29) is 6.04 Å². The Labute approximate surface area is 141 Å². The first-order valence-electron chi connectivity index (χ1n) is 7.40. The van der Waals surface area contributed by atoms with Crippen molar-refractivity contribution >= 4 is 23.0 Å². The molecule has 0 bridgehead atoms. The number of hydrogen-bond donors (Lipinski definition) is 2. The van der Waals surface area contributed by atoms with Gasteiger partial charge in [-0.1, -0.05) is 60.7 Å². The van der Waals surface area contributed by atoms with Crippen molar-refractivity contribution in [2.45, 2.75) is 6.04 Å². The average molecular weight is 319 g/mol. The first-order valence-corrected chi connectivity index (χ1v) is 7.81. The van der Waals surface area contributed by atoms with E-state index >= 15 is 0 Å². The Hall–Kier alpha value is -2.72. The SMILES string of the molecule is S=C(Nc1cccnc1)NC(c1ccccc1)c1ccccc1. The first kappa shape index (κ1) is 15.2. The summed E-state index contributed by atoms with van der Waals surface area (Å²) < 4.78 is 0. The lowest BCUT2D eigenvalue weighted by molar-refractivity contribution is 0.768. The standard InChI is InChI=1S/C19H17N3S/c23-19(21-17-12-7-13-20-14-17)22-18(15-8-3-1-4-9-15)16-10-5-2-6-11-16/h1-14,18H,(H2,21,22,23). The maximum absolute atomic E-state index is 5.46. The molecular formula is C19H17N3S. The highest BCUT2D eigenvalue weighted by molar-refractivity contribution is 7.80. The molecule has 1 aromatic heterocycles. The molecule has 3 rings (SSSR count). The predicted molar refractivity (Wildman–Crippen MR) is 98.3 cm³/mol. The van der Waals surface area contributed by atoms with Crippen molar-refractivity contribution in [3.63, 3.8) is 0 Å². The van der Waals surface area contributed by atoms with Crippen LogP contribution in [0, 0.1) is 0 Å². The third kappa shape index (κ3) is 4.14. The molecule has 23 heavy (non-hydrogen) atoms. The lowest BCUT2D eigenvalue weighted by Gasteiger charge is -2.22. The summed E-state index contributed by atoms with van der Waals surface area (Å²) in [7, 11) is 0. The van der Waals surface area contributed by atoms with Crippen LogP contribution >= 0.6 is 12.2 Å². The Balaban J connectivity index is 1.81. The van der Waals surface area contributed by atoms with Crippen molar-refractivity contribution in [1.82, 2.24) is 10.3 Å². The molecule has 0 unspecified atom stereocenters. The molecule has 2 N–H and O–H groups in total. The lowest BCUT2D eigenvalue weighted by Crippen LogP contribution is -2.33. The van der Waals surface area contributed by atoms with Gasteiger partial charge in [-0.05, 0) is 35.5 Å². The van der Waals surface area contributed by atoms with Crippen LogP contribution in [-0.4, -0.2) is 10.1 Å². The summed E-state index contributed by atoms with van der Waals surface area (Å²) in [6.07, 6.45) is 3.48. The Morgan fingerprint density at radius 2 is 1.43 bits per heavy atom. The van der Waals surface area contributed by atoms with Crippen LogP contribution in [-0.2, 0) is 0 Å². The van der Waals surface area contributed by atoms with Gasteiger partial charge in [0.1, 0.15) is 0 Å². The van der Waals surface area contributed by atoms with E-state index in [0.29, 0.717) is 5.11 Å². The fraction of sp³-hybridized carbons (Fsp3) is 0.0526. The molecule has 3 aromatic rings. The van der Waals surface area contributed by atoms with Gasteiger partial charge in [0.15, 0.2) is 5.11 Å². The van der Waals surface area contributed by atoms with Crippen LogP contribution in [0.1, 0.15) is 17.2 Å². The minimum absolute atomic E-state index is 0.00549. The summed E-state index contributed by atoms with van der Waals surface area (Å²) in [5, 5.41) is 7.13. The second kappa shape index (κ2) is 7.51. The quantitative estimate of drug-likeness (QED) is 0.708. The van der Waals surface area contributed by atoms with Crippen LogP contribution in [0.15, 0.2) is 85.2 Å². The van der Waals surface area contributed by atoms with Gasteiger partial charge >= 0.3 is 0 Å². The van der Waals surface area contributed by atoms with Crippen molar-refractivity contribution in [2.75, 3.05) is 5.32 Å². The van der Waals surface area contributed by atoms with Crippen molar-refractivity contribution in [2.24, 2.45) is 0 Å². The van der Waals surface area contributed by atoms with E-state index in [1.807, 2.05) is 48.5 Å². The topological polar surface area (TPSA) is 37.0 Å². The minimum atomic E-state index is -0.00549. The molecule has 3 nitrogen and oxygen atoms in total. The molecule has 0 aliphatic carbocycles. The maximum Gasteiger partial charge on any atom is 0.171 e. The third-order valence-electron chi connectivity index (χ3n) is 3.46. The second-order valence-electron chi connectivity index (χ2n) is 5.09. The highest BCUT2D eigenvalue weighted by Gasteiger charge is 2.14. The van der Waals surface area contributed by atoms with E-state index in [1.54, 1.807) is 12.4 Å². The number of anilines is 1. The van der Waals surface area contributed by atoms with Crippen LogP contribution in [0.2, 0.25) is 0 Å². The first-order chi connectivity index (χ1) is 11.3. The van der Waals surface area contributed by atoms with Crippen LogP contribution in [0.4, 0.5) is 5.69 Å². The number of nitrogens with zero attached hydrogens (tertiary/aromatic N) is 1. The molecule has 0 atom stereocenters. The van der Waals surface area contributed by atoms with Gasteiger partial charge in [-0.3, -0.25) is 4.98 Å². The van der Waals surface area contributed by atoms with Crippen molar-refractivity contribution in [1.29, 1.82) is 0 Å². The predicted octanol–water partition coefficient (Wildman–Crippen LogP) is 4.16. The van der Waals surface area contributed by atoms with E-state index in [4.69, 9.17) is 12.2 Å². The van der Waals surface area contributed by atoms with Gasteiger partial charge in [0.25, 0.3) is 0 Å². The van der Waals surface area contributed by atoms with E-state index in [9.17, 15) is 0 Å². The summed E-state index contributed by atoms with van der Waals surface area (Å²) in [6, 6.07) is 24.3. The smallest absolute Gasteiger partial charge is 0.171 e. The average Bonchev–Trinajstić information content (AvgIpc) is 2.62. The van der Waals surface area contributed by atoms with Crippen molar-refractivity contribution < 1.29 is 0 Å². The number of aromatic nitrogens is 1. The highest BCUT2D eigenvalue weighted by atomic mass is 32.1. The summed E-state index contributed by atoms with van der Waals surface area (Å²) in [5.41, 5.74) is 3.19. The molecule has 4 heteroatoms. The molecule has 0 saturated heterocycles. The zero-order chi connectivity index (χ0) is 15.9. The molecule has 0 aliphatic heterocycles. The number of hydrogen-bond acceptors (Lipinski definition) is 2. The summed E-state index contributed by atoms with van der Waals surface area (Å²) >= 11 is 5.46. The van der Waals surface area contributed by atoms with Gasteiger partial charge in [0, 0.05) is 6.20 Å². The maximum atomic E-state index is 5.46. The molecule has 0 amide bonds. The van der Waals surface area contributed by atoms with E-state index in [2.05, 4.69) is 39.9 Å². The number of rotatable bonds is 4. The van der Waals surface area contributed by atoms with Gasteiger partial charge in [-0.15, -0.1) is 0 Å². The fourth-order valence-corrected chi connectivity index (χ4v) is 2.62. The highest BCUT2D eigenvalue weighted by Crippen LogP contribution is 2.21. The molecular weight excluding hydrogens is 302 g/mol. The van der Waals surface area contributed by atoms with Gasteiger partial charge in [0.05, 0.1) is 17.9 Å². The minimum Gasteiger partial charge on any atom is -0.352 e. The monoisotopic (exact) mass is 319 g/mol. The molecule has 0 fully saturated rings. The van der Waals surface area contributed by atoms with Crippen LogP contribution in [0.25, 0.3) is 0 Å². The Kier molecular flexibility index (Phi) is 4.96. The molecule has 0 spiro atoms. The molecule has 0 aliphatic rings. The van der Waals surface area contributed by atoms with Crippen LogP contribution in [0.5, 0.6) is 0 Å². The number of benzene rings is 2. The van der Waals surface area contributed by atoms with E-state index in [0.717, 1.165) is 16.8 Å². The Morgan fingerprint density at radius 1 is 0.826 bits per heavy atom. The molecule has 0 saturated carbocycles. The number of thiocarbonyl (C=S) groups is 1. The molecule has 2 aromatic carbocycles. The van der Waals surface area contributed by atoms with E-state index < -0.39 is 0 Å². The molecule has 0 radical (unpaired) electrons. The fourth-order valence-electron chi connectivity index (χ4n) is 2.39. The summed E-state index contributed by atoms with van der Waals surface area (Å²) in [6.45, 7) is 0. The van der Waals surface area contributed by atoms with Gasteiger partial charge in [-0.25, -0.2) is 0 Å². The van der Waals surface area contributed by atoms with Gasteiger partial charge < -0.3 is 10.6 Å². The van der Waals surface area contributed by atoms with Gasteiger partial charge in [0.2, 0.25) is 0 Å². The number of pyridine rings is 1. The largest absolute Gasteiger partial charge is 0.352 e. The molecule has 1 heterocycles. The number of nitrogens with one attached hydrogen (secondary N) is 2. The Bertz CT molecular complexity index is 706. The van der Waals surface area contributed by atoms with Gasteiger partial charge in [-0.2, -0.15) is 0 Å². The molecule has 114 valence electrons. The normalized spacial score (nSPS) is 10.3. The van der Waals surface area contributed by atoms with Crippen molar-refractivity contribution in [3.8, 4) is 0 Å². The zero-order valence-corrected chi connectivity index (χ0v) is 13.3. The van der Waals surface area contributed by atoms with Crippen LogP contribution < -0.4 is 10.6 Å². The zero-order valence-electron chi connectivity index (χ0n) is 12.5. The summed E-state index contributed by atoms with van der Waals surface area (Å²) in [5.74, 6) is 0. The Morgan fingerprint density at radius 3 is 1.96 bits per heavy atom. The third-order valence-corrected chi connectivity index (χ3v) is 3.68. The van der Waals surface area contributed by atoms with Crippen LogP contribution in [0.3, 0.4) is 0 Å². The second-order valence-corrected chi connectivity index (χ2v) is 5.50. The summed E-state index contributed by atoms with van der Waals surface area (Å²) in [4.78, 5) is 4.08. The van der Waals surface area contributed by atoms with E-state index in [1.165, 1.54) is 0 Å². The van der Waals surface area contributed by atoms with Crippen molar-refractivity contribution in [3.05, 3.63) is 96.3 Å².